The molecule has 0 amide bonds. The first-order chi connectivity index (χ1) is 31.1. The summed E-state index contributed by atoms with van der Waals surface area (Å²) >= 11 is 1.88. The first-order valence-electron chi connectivity index (χ1n) is 21.6. The molecule has 0 atom stereocenters. The van der Waals surface area contributed by atoms with Gasteiger partial charge in [0, 0.05) is 48.1 Å². The van der Waals surface area contributed by atoms with Crippen LogP contribution in [0.2, 0.25) is 0 Å². The Morgan fingerprint density at radius 1 is 0.429 bits per heavy atom. The summed E-state index contributed by atoms with van der Waals surface area (Å²) in [6.07, 6.45) is 4.53. The van der Waals surface area contributed by atoms with Crippen molar-refractivity contribution in [1.29, 1.82) is 0 Å². The molecule has 0 aliphatic carbocycles. The monoisotopic (exact) mass is 819 g/mol. The number of thiophene rings is 1. The Balaban J connectivity index is 1.03. The molecule has 0 unspecified atom stereocenters. The number of fused-ring (bicyclic) bond motifs is 10. The zero-order chi connectivity index (χ0) is 42.0. The van der Waals surface area contributed by atoms with Crippen LogP contribution in [0.4, 0.5) is 0 Å². The van der Waals surface area contributed by atoms with E-state index in [9.17, 15) is 0 Å². The number of rotatable bonds is 7. The number of allylic oxidation sites excluding steroid dienone is 2. The van der Waals surface area contributed by atoms with E-state index in [2.05, 4.69) is 230 Å². The minimum Gasteiger partial charge on any atom is -0.313 e. The Bertz CT molecular complexity index is 3760. The van der Waals surface area contributed by atoms with Crippen molar-refractivity contribution in [3.8, 4) is 39.1 Å². The maximum atomic E-state index is 4.82. The molecule has 2 heterocycles. The molecule has 0 N–H and O–H groups in total. The van der Waals surface area contributed by atoms with E-state index in [0.717, 1.165) is 16.8 Å². The van der Waals surface area contributed by atoms with Crippen molar-refractivity contribution in [3.05, 3.63) is 236 Å². The molecular weight excluding hydrogens is 779 g/mol. The Morgan fingerprint density at radius 3 is 1.54 bits per heavy atom. The van der Waals surface area contributed by atoms with E-state index in [1.54, 1.807) is 0 Å². The standard InChI is InChI=1S/C61H41NS/c1-39(30-32-47-40(2)62(59-29-17-16-28-53(47)59)46-31-33-52-50-26-13-12-24-48(50)49-25-14-15-27-51(49)56(52)38-46)54-34-44(41-18-6-3-7-19-41)36-57-58-37-45(42-20-8-4-9-21-42)35-55(61(58)63-60(54)57)43-22-10-5-11-23-43/h3-38H,1H2,2H3/b32-30-. The first-order valence-corrected chi connectivity index (χ1v) is 22.4. The van der Waals surface area contributed by atoms with E-state index in [1.807, 2.05) is 11.3 Å². The van der Waals surface area contributed by atoms with Crippen molar-refractivity contribution in [1.82, 2.24) is 4.57 Å². The molecule has 0 aliphatic heterocycles. The second kappa shape index (κ2) is 15.0. The summed E-state index contributed by atoms with van der Waals surface area (Å²) < 4.78 is 4.96. The van der Waals surface area contributed by atoms with Gasteiger partial charge in [-0.05, 0) is 121 Å². The molecule has 2 aromatic heterocycles. The van der Waals surface area contributed by atoms with Crippen molar-refractivity contribution >= 4 is 86.4 Å². The summed E-state index contributed by atoms with van der Waals surface area (Å²) in [5.74, 6) is 0. The SMILES string of the molecule is C=C(/C=C\c1c(C)n(-c2ccc3c4ccccc4c4ccccc4c3c2)c2ccccc12)c1cc(-c2ccccc2)cc2c1sc1c(-c3ccccc3)cc(-c3ccccc3)cc12. The van der Waals surface area contributed by atoms with Crippen LogP contribution in [0.25, 0.3) is 114 Å². The van der Waals surface area contributed by atoms with E-state index >= 15 is 0 Å². The molecular formula is C61H41NS. The molecule has 0 saturated carbocycles. The van der Waals surface area contributed by atoms with Gasteiger partial charge in [-0.1, -0.05) is 183 Å². The summed E-state index contributed by atoms with van der Waals surface area (Å²) in [6, 6.07) is 75.2. The quantitative estimate of drug-likeness (QED) is 0.111. The van der Waals surface area contributed by atoms with Crippen LogP contribution < -0.4 is 0 Å². The maximum Gasteiger partial charge on any atom is 0.0537 e. The van der Waals surface area contributed by atoms with Gasteiger partial charge < -0.3 is 4.57 Å². The molecule has 0 saturated heterocycles. The summed E-state index contributed by atoms with van der Waals surface area (Å²) in [5.41, 5.74) is 14.1. The molecule has 63 heavy (non-hydrogen) atoms. The molecule has 0 spiro atoms. The predicted molar refractivity (Wildman–Crippen MR) is 274 cm³/mol. The van der Waals surface area contributed by atoms with Crippen LogP contribution in [0.3, 0.4) is 0 Å². The fraction of sp³-hybridized carbons (Fsp3) is 0.0164. The highest BCUT2D eigenvalue weighted by Crippen LogP contribution is 2.47. The van der Waals surface area contributed by atoms with Crippen LogP contribution in [0.5, 0.6) is 0 Å². The lowest BCUT2D eigenvalue weighted by molar-refractivity contribution is 1.05. The fourth-order valence-corrected chi connectivity index (χ4v) is 11.2. The van der Waals surface area contributed by atoms with Gasteiger partial charge in [0.05, 0.1) is 5.52 Å². The molecule has 0 radical (unpaired) electrons. The van der Waals surface area contributed by atoms with Gasteiger partial charge in [0.1, 0.15) is 0 Å². The van der Waals surface area contributed by atoms with E-state index in [4.69, 9.17) is 6.58 Å². The zero-order valence-electron chi connectivity index (χ0n) is 34.8. The average Bonchev–Trinajstić information content (AvgIpc) is 3.87. The fourth-order valence-electron chi connectivity index (χ4n) is 9.89. The minimum atomic E-state index is 0.981. The normalized spacial score (nSPS) is 11.9. The zero-order valence-corrected chi connectivity index (χ0v) is 35.7. The van der Waals surface area contributed by atoms with Crippen molar-refractivity contribution in [2.75, 3.05) is 0 Å². The number of nitrogens with zero attached hydrogens (tertiary/aromatic N) is 1. The van der Waals surface area contributed by atoms with Crippen LogP contribution in [0.1, 0.15) is 16.8 Å². The van der Waals surface area contributed by atoms with Crippen molar-refractivity contribution in [2.24, 2.45) is 0 Å². The molecule has 2 heteroatoms. The number of hydrogen-bond donors (Lipinski definition) is 0. The smallest absolute Gasteiger partial charge is 0.0537 e. The van der Waals surface area contributed by atoms with Crippen molar-refractivity contribution < 1.29 is 0 Å². The van der Waals surface area contributed by atoms with E-state index in [-0.39, 0.29) is 0 Å². The Morgan fingerprint density at radius 2 is 0.921 bits per heavy atom. The Kier molecular flexibility index (Phi) is 8.81. The van der Waals surface area contributed by atoms with Gasteiger partial charge >= 0.3 is 0 Å². The van der Waals surface area contributed by atoms with Crippen molar-refractivity contribution in [3.63, 3.8) is 0 Å². The molecule has 0 bridgehead atoms. The Labute approximate surface area is 370 Å². The number of para-hydroxylation sites is 1. The van der Waals surface area contributed by atoms with Gasteiger partial charge in [0.25, 0.3) is 0 Å². The average molecular weight is 820 g/mol. The van der Waals surface area contributed by atoms with E-state index < -0.39 is 0 Å². The second-order valence-electron chi connectivity index (χ2n) is 16.5. The molecule has 0 aliphatic rings. The van der Waals surface area contributed by atoms with Gasteiger partial charge in [0.2, 0.25) is 0 Å². The third-order valence-electron chi connectivity index (χ3n) is 12.9. The van der Waals surface area contributed by atoms with Crippen molar-refractivity contribution in [2.45, 2.75) is 6.92 Å². The highest BCUT2D eigenvalue weighted by Gasteiger charge is 2.20. The maximum absolute atomic E-state index is 4.82. The molecule has 12 rings (SSSR count). The molecule has 12 aromatic rings. The molecule has 10 aromatic carbocycles. The lowest BCUT2D eigenvalue weighted by Gasteiger charge is -2.14. The van der Waals surface area contributed by atoms with E-state index in [0.29, 0.717) is 0 Å². The number of hydrogen-bond acceptors (Lipinski definition) is 1. The van der Waals surface area contributed by atoms with Crippen LogP contribution >= 0.6 is 11.3 Å². The molecule has 0 fully saturated rings. The van der Waals surface area contributed by atoms with Gasteiger partial charge in [-0.3, -0.25) is 0 Å². The first kappa shape index (κ1) is 37.0. The van der Waals surface area contributed by atoms with Crippen LogP contribution in [-0.4, -0.2) is 4.57 Å². The molecule has 296 valence electrons. The number of aromatic nitrogens is 1. The summed E-state index contributed by atoms with van der Waals surface area (Å²) in [7, 11) is 0. The summed E-state index contributed by atoms with van der Waals surface area (Å²) in [4.78, 5) is 0. The third kappa shape index (κ3) is 6.14. The van der Waals surface area contributed by atoms with Gasteiger partial charge in [-0.2, -0.15) is 0 Å². The van der Waals surface area contributed by atoms with Gasteiger partial charge in [-0.15, -0.1) is 11.3 Å². The summed E-state index contributed by atoms with van der Waals surface area (Å²) in [6.45, 7) is 7.07. The minimum absolute atomic E-state index is 0.981. The lowest BCUT2D eigenvalue weighted by Crippen LogP contribution is -1.97. The second-order valence-corrected chi connectivity index (χ2v) is 17.6. The van der Waals surface area contributed by atoms with Crippen LogP contribution in [0, 0.1) is 6.92 Å². The largest absolute Gasteiger partial charge is 0.313 e. The van der Waals surface area contributed by atoms with Crippen LogP contribution in [-0.2, 0) is 0 Å². The van der Waals surface area contributed by atoms with Gasteiger partial charge in [0.15, 0.2) is 0 Å². The lowest BCUT2D eigenvalue weighted by atomic mass is 9.93. The molecule has 1 nitrogen and oxygen atoms in total. The topological polar surface area (TPSA) is 4.93 Å². The summed E-state index contributed by atoms with van der Waals surface area (Å²) in [5, 5.41) is 11.4. The highest BCUT2D eigenvalue weighted by atomic mass is 32.1. The number of benzene rings is 10. The van der Waals surface area contributed by atoms with E-state index in [1.165, 1.54) is 108 Å². The Hall–Kier alpha value is -7.78. The van der Waals surface area contributed by atoms with Crippen LogP contribution in [0.15, 0.2) is 219 Å². The van der Waals surface area contributed by atoms with Gasteiger partial charge in [-0.25, -0.2) is 0 Å². The predicted octanol–water partition coefficient (Wildman–Crippen LogP) is 17.5. The highest BCUT2D eigenvalue weighted by molar-refractivity contribution is 7.26. The third-order valence-corrected chi connectivity index (χ3v) is 14.2.